The molecule has 0 heterocycles. The summed E-state index contributed by atoms with van der Waals surface area (Å²) in [6.07, 6.45) is 4.74. The summed E-state index contributed by atoms with van der Waals surface area (Å²) in [5, 5.41) is 25.2. The second kappa shape index (κ2) is 14.7. The minimum atomic E-state index is -1.16. The molecule has 3 aromatic carbocycles. The van der Waals surface area contributed by atoms with Crippen molar-refractivity contribution in [2.75, 3.05) is 13.2 Å². The van der Waals surface area contributed by atoms with E-state index in [1.165, 1.54) is 17.0 Å². The Bertz CT molecular complexity index is 1380. The highest BCUT2D eigenvalue weighted by Crippen LogP contribution is 2.24. The minimum absolute atomic E-state index is 0.0364. The summed E-state index contributed by atoms with van der Waals surface area (Å²) in [6.45, 7) is 4.69. The zero-order valence-corrected chi connectivity index (χ0v) is 24.0. The van der Waals surface area contributed by atoms with Crippen molar-refractivity contribution in [1.29, 1.82) is 0 Å². The third-order valence-electron chi connectivity index (χ3n) is 6.25. The molecular weight excluding hydrogens is 534 g/mol. The summed E-state index contributed by atoms with van der Waals surface area (Å²) >= 11 is 0. The van der Waals surface area contributed by atoms with Gasteiger partial charge in [0, 0.05) is 25.1 Å². The second-order valence-corrected chi connectivity index (χ2v) is 10.7. The van der Waals surface area contributed by atoms with Crippen molar-refractivity contribution in [2.24, 2.45) is 0 Å². The number of nitrogens with one attached hydrogen (secondary N) is 2. The molecule has 0 aromatic heterocycles. The van der Waals surface area contributed by atoms with Gasteiger partial charge in [-0.1, -0.05) is 60.5 Å². The van der Waals surface area contributed by atoms with E-state index in [4.69, 9.17) is 11.2 Å². The normalized spacial score (nSPS) is 12.4. The smallest absolute Gasteiger partial charge is 0.408 e. The van der Waals surface area contributed by atoms with Crippen LogP contribution in [0.3, 0.4) is 0 Å². The molecule has 0 aliphatic rings. The highest BCUT2D eigenvalue weighted by molar-refractivity contribution is 5.92. The number of aliphatic hydroxyl groups is 1. The first-order valence-electron chi connectivity index (χ1n) is 13.6. The van der Waals surface area contributed by atoms with E-state index in [1.807, 2.05) is 30.3 Å². The Hall–Kier alpha value is -4.81. The van der Waals surface area contributed by atoms with Gasteiger partial charge in [-0.2, -0.15) is 0 Å². The van der Waals surface area contributed by atoms with Gasteiger partial charge in [-0.25, -0.2) is 4.79 Å². The van der Waals surface area contributed by atoms with Gasteiger partial charge >= 0.3 is 6.09 Å². The zero-order valence-electron chi connectivity index (χ0n) is 24.0. The lowest BCUT2D eigenvalue weighted by Crippen LogP contribution is -2.54. The number of alkyl carbamates (subject to hydrolysis) is 1. The fraction of sp³-hybridized carbons (Fsp3) is 0.303. The molecule has 0 bridgehead atoms. The van der Waals surface area contributed by atoms with Crippen LogP contribution in [0.1, 0.15) is 49.1 Å². The summed E-state index contributed by atoms with van der Waals surface area (Å²) in [4.78, 5) is 42.0. The number of hydrogen-bond donors (Lipinski definition) is 4. The molecule has 3 rings (SSSR count). The first-order chi connectivity index (χ1) is 20.0. The predicted octanol–water partition coefficient (Wildman–Crippen LogP) is 3.69. The van der Waals surface area contributed by atoms with E-state index in [0.717, 1.165) is 5.56 Å². The second-order valence-electron chi connectivity index (χ2n) is 10.7. The Kier molecular flexibility index (Phi) is 11.1. The van der Waals surface area contributed by atoms with E-state index < -0.39 is 42.2 Å². The molecule has 3 amide bonds. The molecule has 0 aliphatic heterocycles. The van der Waals surface area contributed by atoms with Crippen LogP contribution >= 0.6 is 0 Å². The zero-order chi connectivity index (χ0) is 30.7. The van der Waals surface area contributed by atoms with Gasteiger partial charge in [0.1, 0.15) is 23.4 Å². The van der Waals surface area contributed by atoms with Crippen LogP contribution in [-0.2, 0) is 27.3 Å². The van der Waals surface area contributed by atoms with Gasteiger partial charge < -0.3 is 30.5 Å². The number of hydrogen-bond acceptors (Lipinski definition) is 6. The Balaban J connectivity index is 2.00. The fourth-order valence-corrected chi connectivity index (χ4v) is 4.31. The number of phenolic OH excluding ortho intramolecular Hbond substituents is 1. The molecule has 0 saturated heterocycles. The van der Waals surface area contributed by atoms with Crippen molar-refractivity contribution in [3.05, 3.63) is 101 Å². The SMILES string of the molecule is C#Cc1ccc(C(C(=O)NCc2ccccc2)N(CCO)C(=O)C(Cc2ccc(O)cc2)NC(=O)OC(C)(C)C)cc1. The van der Waals surface area contributed by atoms with Crippen LogP contribution in [0.15, 0.2) is 78.9 Å². The number of rotatable bonds is 11. The van der Waals surface area contributed by atoms with E-state index in [2.05, 4.69) is 16.6 Å². The van der Waals surface area contributed by atoms with Crippen molar-refractivity contribution in [3.63, 3.8) is 0 Å². The van der Waals surface area contributed by atoms with E-state index >= 15 is 0 Å². The van der Waals surface area contributed by atoms with Crippen LogP contribution in [0.5, 0.6) is 5.75 Å². The number of aliphatic hydroxyl groups excluding tert-OH is 1. The highest BCUT2D eigenvalue weighted by Gasteiger charge is 2.36. The lowest BCUT2D eigenvalue weighted by atomic mass is 9.99. The summed E-state index contributed by atoms with van der Waals surface area (Å²) in [5.41, 5.74) is 1.76. The van der Waals surface area contributed by atoms with Crippen LogP contribution in [-0.4, -0.2) is 57.8 Å². The number of amides is 3. The van der Waals surface area contributed by atoms with Crippen LogP contribution in [0.4, 0.5) is 4.79 Å². The van der Waals surface area contributed by atoms with Gasteiger partial charge in [0.25, 0.3) is 0 Å². The van der Waals surface area contributed by atoms with Gasteiger partial charge in [-0.3, -0.25) is 9.59 Å². The number of benzene rings is 3. The molecule has 9 nitrogen and oxygen atoms in total. The van der Waals surface area contributed by atoms with Crippen molar-refractivity contribution in [1.82, 2.24) is 15.5 Å². The number of carbonyl (C=O) groups excluding carboxylic acids is 3. The Labute approximate surface area is 246 Å². The number of phenols is 1. The third kappa shape index (κ3) is 9.39. The van der Waals surface area contributed by atoms with Crippen LogP contribution in [0, 0.1) is 12.3 Å². The molecule has 0 radical (unpaired) electrons. The van der Waals surface area contributed by atoms with Crippen molar-refractivity contribution in [2.45, 2.75) is 51.4 Å². The van der Waals surface area contributed by atoms with Crippen LogP contribution in [0.2, 0.25) is 0 Å². The molecule has 3 aromatic rings. The molecule has 42 heavy (non-hydrogen) atoms. The van der Waals surface area contributed by atoms with Crippen molar-refractivity contribution >= 4 is 17.9 Å². The van der Waals surface area contributed by atoms with Gasteiger partial charge in [0.05, 0.1) is 6.61 Å². The van der Waals surface area contributed by atoms with Crippen molar-refractivity contribution < 1.29 is 29.3 Å². The molecule has 0 spiro atoms. The number of nitrogens with zero attached hydrogens (tertiary/aromatic N) is 1. The molecule has 4 N–H and O–H groups in total. The largest absolute Gasteiger partial charge is 0.508 e. The molecule has 2 unspecified atom stereocenters. The summed E-state index contributed by atoms with van der Waals surface area (Å²) in [5.74, 6) is 1.50. The molecule has 0 fully saturated rings. The maximum absolute atomic E-state index is 14.2. The standard InChI is InChI=1S/C33H37N3O6/c1-5-23-11-15-26(16-12-23)29(30(39)34-22-25-9-7-6-8-10-25)36(19-20-37)31(40)28(35-32(41)42-33(2,3)4)21-24-13-17-27(38)18-14-24/h1,6-18,28-29,37-38H,19-22H2,2-4H3,(H,34,39)(H,35,41). The topological polar surface area (TPSA) is 128 Å². The van der Waals surface area contributed by atoms with Gasteiger partial charge in [0.15, 0.2) is 0 Å². The highest BCUT2D eigenvalue weighted by atomic mass is 16.6. The summed E-state index contributed by atoms with van der Waals surface area (Å²) in [6, 6.07) is 19.9. The molecule has 9 heteroatoms. The first-order valence-corrected chi connectivity index (χ1v) is 13.6. The van der Waals surface area contributed by atoms with Crippen LogP contribution < -0.4 is 10.6 Å². The molecule has 220 valence electrons. The predicted molar refractivity (Wildman–Crippen MR) is 159 cm³/mol. The van der Waals surface area contributed by atoms with Crippen molar-refractivity contribution in [3.8, 4) is 18.1 Å². The summed E-state index contributed by atoms with van der Waals surface area (Å²) in [7, 11) is 0. The van der Waals surface area contributed by atoms with E-state index in [-0.39, 0.29) is 25.3 Å². The Morgan fingerprint density at radius 3 is 2.17 bits per heavy atom. The van der Waals surface area contributed by atoms with E-state index in [0.29, 0.717) is 16.7 Å². The molecule has 0 saturated carbocycles. The van der Waals surface area contributed by atoms with Gasteiger partial charge in [-0.15, -0.1) is 6.42 Å². The average molecular weight is 572 g/mol. The monoisotopic (exact) mass is 571 g/mol. The minimum Gasteiger partial charge on any atom is -0.508 e. The first kappa shape index (κ1) is 31.7. The third-order valence-corrected chi connectivity index (χ3v) is 6.25. The molecule has 0 aliphatic carbocycles. The van der Waals surface area contributed by atoms with E-state index in [1.54, 1.807) is 57.2 Å². The van der Waals surface area contributed by atoms with Gasteiger partial charge in [0.2, 0.25) is 11.8 Å². The molecular formula is C33H37N3O6. The number of terminal acetylenes is 1. The Morgan fingerprint density at radius 1 is 0.952 bits per heavy atom. The van der Waals surface area contributed by atoms with E-state index in [9.17, 15) is 24.6 Å². The summed E-state index contributed by atoms with van der Waals surface area (Å²) < 4.78 is 5.41. The van der Waals surface area contributed by atoms with Gasteiger partial charge in [-0.05, 0) is 61.7 Å². The molecule has 2 atom stereocenters. The average Bonchev–Trinajstić information content (AvgIpc) is 2.96. The number of carbonyl (C=O) groups is 3. The van der Waals surface area contributed by atoms with Crippen LogP contribution in [0.25, 0.3) is 0 Å². The maximum atomic E-state index is 14.2. The number of aromatic hydroxyl groups is 1. The number of ether oxygens (including phenoxy) is 1. The lowest BCUT2D eigenvalue weighted by Gasteiger charge is -2.34. The quantitative estimate of drug-likeness (QED) is 0.260. The fourth-order valence-electron chi connectivity index (χ4n) is 4.31. The lowest BCUT2D eigenvalue weighted by molar-refractivity contribution is -0.143. The Morgan fingerprint density at radius 2 is 1.60 bits per heavy atom. The maximum Gasteiger partial charge on any atom is 0.408 e.